The number of hydrogen-bond acceptors (Lipinski definition) is 2. The summed E-state index contributed by atoms with van der Waals surface area (Å²) in [5.41, 5.74) is 11.1. The van der Waals surface area contributed by atoms with Crippen LogP contribution in [0.5, 0.6) is 0 Å². The van der Waals surface area contributed by atoms with E-state index in [-0.39, 0.29) is 0 Å². The van der Waals surface area contributed by atoms with E-state index >= 15 is 0 Å². The van der Waals surface area contributed by atoms with Crippen LogP contribution in [-0.4, -0.2) is 9.13 Å². The first kappa shape index (κ1) is 28.8. The molecule has 2 heterocycles. The first-order valence-electron chi connectivity index (χ1n) is 16.3. The number of rotatable bonds is 4. The van der Waals surface area contributed by atoms with Gasteiger partial charge in [-0.05, 0) is 71.1 Å². The van der Waals surface area contributed by atoms with E-state index in [1.807, 2.05) is 66.7 Å². The Morgan fingerprint density at radius 2 is 1.18 bits per heavy atom. The Morgan fingerprint density at radius 1 is 0.500 bits per heavy atom. The molecule has 0 spiro atoms. The lowest BCUT2D eigenvalue weighted by molar-refractivity contribution is 1.18. The maximum absolute atomic E-state index is 10.6. The molecule has 0 bridgehead atoms. The quantitative estimate of drug-likeness (QED) is 0.181. The Hall–Kier alpha value is -7.39. The second kappa shape index (κ2) is 11.4. The minimum Gasteiger partial charge on any atom is -0.318 e. The van der Waals surface area contributed by atoms with Crippen molar-refractivity contribution in [3.05, 3.63) is 174 Å². The molecule has 0 N–H and O–H groups in total. The molecule has 9 aromatic rings. The lowest BCUT2D eigenvalue weighted by atomic mass is 9.94. The molecule has 230 valence electrons. The molecule has 9 rings (SSSR count). The minimum atomic E-state index is 0.519. The van der Waals surface area contributed by atoms with Gasteiger partial charge in [-0.3, -0.25) is 0 Å². The number of aromatic nitrogens is 2. The number of fused-ring (bicyclic) bond motifs is 6. The van der Waals surface area contributed by atoms with E-state index in [1.54, 1.807) is 6.07 Å². The number of benzene rings is 7. The van der Waals surface area contributed by atoms with Gasteiger partial charge in [0.2, 0.25) is 5.69 Å². The topological polar surface area (TPSA) is 61.8 Å². The summed E-state index contributed by atoms with van der Waals surface area (Å²) in [5.74, 6) is 0. The number of nitriles is 2. The van der Waals surface area contributed by atoms with Crippen molar-refractivity contribution in [3.63, 3.8) is 0 Å². The monoisotopic (exact) mass is 635 g/mol. The lowest BCUT2D eigenvalue weighted by Crippen LogP contribution is -1.99. The number of hydrogen-bond donors (Lipinski definition) is 0. The molecule has 5 nitrogen and oxygen atoms in total. The van der Waals surface area contributed by atoms with Crippen LogP contribution in [0.4, 0.5) is 5.69 Å². The van der Waals surface area contributed by atoms with E-state index in [0.717, 1.165) is 66.5 Å². The molecule has 0 aliphatic carbocycles. The van der Waals surface area contributed by atoms with E-state index in [0.29, 0.717) is 16.8 Å². The largest absolute Gasteiger partial charge is 0.318 e. The van der Waals surface area contributed by atoms with E-state index in [9.17, 15) is 10.5 Å². The predicted molar refractivity (Wildman–Crippen MR) is 202 cm³/mol. The van der Waals surface area contributed by atoms with Gasteiger partial charge in [0.1, 0.15) is 0 Å². The standard InChI is InChI=1S/C45H25N5/c1-48-40-16-9-15-38-39-24-29(27-46)20-23-44(39)50(45(38)40)43-19-7-2-12-35(43)34-22-21-31(25-32(34)28-47)30-10-8-11-33(26-30)49-41-17-5-3-13-36(41)37-14-4-6-18-42(37)49/h2-26H. The van der Waals surface area contributed by atoms with Gasteiger partial charge in [0.25, 0.3) is 0 Å². The molecule has 0 fully saturated rings. The third-order valence-electron chi connectivity index (χ3n) is 9.61. The lowest BCUT2D eigenvalue weighted by Gasteiger charge is -2.16. The first-order valence-corrected chi connectivity index (χ1v) is 16.3. The van der Waals surface area contributed by atoms with Crippen LogP contribution in [0, 0.1) is 29.2 Å². The summed E-state index contributed by atoms with van der Waals surface area (Å²) in [7, 11) is 0. The van der Waals surface area contributed by atoms with Gasteiger partial charge in [0.05, 0.1) is 57.6 Å². The molecule has 5 heteroatoms. The Balaban J connectivity index is 1.21. The van der Waals surface area contributed by atoms with Crippen LogP contribution in [0.15, 0.2) is 152 Å². The van der Waals surface area contributed by atoms with E-state index in [1.165, 1.54) is 10.8 Å². The molecular formula is C45H25N5. The highest BCUT2D eigenvalue weighted by atomic mass is 15.0. The highest BCUT2D eigenvalue weighted by molar-refractivity contribution is 6.14. The fraction of sp³-hybridized carbons (Fsp3) is 0. The zero-order chi connectivity index (χ0) is 33.8. The van der Waals surface area contributed by atoms with Crippen LogP contribution in [-0.2, 0) is 0 Å². The van der Waals surface area contributed by atoms with Crippen molar-refractivity contribution < 1.29 is 0 Å². The molecule has 2 aromatic heterocycles. The van der Waals surface area contributed by atoms with E-state index in [2.05, 4.69) is 105 Å². The van der Waals surface area contributed by atoms with Gasteiger partial charge in [-0.25, -0.2) is 4.85 Å². The van der Waals surface area contributed by atoms with Crippen LogP contribution in [0.3, 0.4) is 0 Å². The molecule has 0 aliphatic heterocycles. The maximum atomic E-state index is 10.6. The second-order valence-electron chi connectivity index (χ2n) is 12.3. The van der Waals surface area contributed by atoms with E-state index < -0.39 is 0 Å². The van der Waals surface area contributed by atoms with E-state index in [4.69, 9.17) is 6.57 Å². The molecule has 0 atom stereocenters. The Kier molecular flexibility index (Phi) is 6.56. The fourth-order valence-electron chi connectivity index (χ4n) is 7.43. The van der Waals surface area contributed by atoms with Crippen LogP contribution in [0.25, 0.3) is 82.1 Å². The Morgan fingerprint density at radius 3 is 1.94 bits per heavy atom. The average Bonchev–Trinajstić information content (AvgIpc) is 3.70. The van der Waals surface area contributed by atoms with Gasteiger partial charge in [0, 0.05) is 33.0 Å². The maximum Gasteiger partial charge on any atom is 0.211 e. The molecule has 0 unspecified atom stereocenters. The SMILES string of the molecule is [C-]#[N+]c1cccc2c3cc(C#N)ccc3n(-c3ccccc3-c3ccc(-c4cccc(-n5c6ccccc6c6ccccc65)c4)cc3C#N)c12. The van der Waals surface area contributed by atoms with Crippen molar-refractivity contribution in [2.24, 2.45) is 0 Å². The summed E-state index contributed by atoms with van der Waals surface area (Å²) in [4.78, 5) is 3.87. The zero-order valence-corrected chi connectivity index (χ0v) is 26.7. The summed E-state index contributed by atoms with van der Waals surface area (Å²) < 4.78 is 4.39. The highest BCUT2D eigenvalue weighted by Crippen LogP contribution is 2.41. The molecule has 0 radical (unpaired) electrons. The van der Waals surface area contributed by atoms with Gasteiger partial charge >= 0.3 is 0 Å². The Labute approximate surface area is 288 Å². The molecule has 0 saturated heterocycles. The van der Waals surface area contributed by atoms with Gasteiger partial charge in [0.15, 0.2) is 0 Å². The summed E-state index contributed by atoms with van der Waals surface area (Å²) >= 11 is 0. The van der Waals surface area contributed by atoms with Gasteiger partial charge in [-0.1, -0.05) is 97.1 Å². The van der Waals surface area contributed by atoms with Gasteiger partial charge in [-0.2, -0.15) is 10.5 Å². The molecule has 0 saturated carbocycles. The predicted octanol–water partition coefficient (Wildman–Crippen LogP) is 11.5. The van der Waals surface area contributed by atoms with Crippen molar-refractivity contribution in [3.8, 4) is 45.8 Å². The fourth-order valence-corrected chi connectivity index (χ4v) is 7.43. The zero-order valence-electron chi connectivity index (χ0n) is 26.7. The van der Waals surface area contributed by atoms with Crippen molar-refractivity contribution >= 4 is 49.3 Å². The summed E-state index contributed by atoms with van der Waals surface area (Å²) in [6.45, 7) is 7.98. The summed E-state index contributed by atoms with van der Waals surface area (Å²) in [5, 5.41) is 24.4. The van der Waals surface area contributed by atoms with Crippen molar-refractivity contribution in [2.45, 2.75) is 0 Å². The van der Waals surface area contributed by atoms with Crippen LogP contribution < -0.4 is 0 Å². The molecule has 0 aliphatic rings. The smallest absolute Gasteiger partial charge is 0.211 e. The minimum absolute atomic E-state index is 0.519. The molecule has 50 heavy (non-hydrogen) atoms. The third kappa shape index (κ3) is 4.31. The van der Waals surface area contributed by atoms with Crippen molar-refractivity contribution in [2.75, 3.05) is 0 Å². The first-order chi connectivity index (χ1) is 24.7. The van der Waals surface area contributed by atoms with Crippen LogP contribution >= 0.6 is 0 Å². The summed E-state index contributed by atoms with van der Waals surface area (Å²) in [6.07, 6.45) is 0. The molecule has 0 amide bonds. The second-order valence-corrected chi connectivity index (χ2v) is 12.3. The van der Waals surface area contributed by atoms with Crippen LogP contribution in [0.1, 0.15) is 11.1 Å². The number of nitrogens with zero attached hydrogens (tertiary/aromatic N) is 5. The van der Waals surface area contributed by atoms with Crippen molar-refractivity contribution in [1.82, 2.24) is 9.13 Å². The summed E-state index contributed by atoms with van der Waals surface area (Å²) in [6, 6.07) is 55.5. The third-order valence-corrected chi connectivity index (χ3v) is 9.61. The van der Waals surface area contributed by atoms with Crippen LogP contribution in [0.2, 0.25) is 0 Å². The Bertz CT molecular complexity index is 2920. The van der Waals surface area contributed by atoms with Gasteiger partial charge in [-0.15, -0.1) is 0 Å². The molecule has 7 aromatic carbocycles. The normalized spacial score (nSPS) is 11.1. The number of para-hydroxylation sites is 4. The highest BCUT2D eigenvalue weighted by Gasteiger charge is 2.20. The molecular weight excluding hydrogens is 611 g/mol. The average molecular weight is 636 g/mol. The van der Waals surface area contributed by atoms with Gasteiger partial charge < -0.3 is 9.13 Å². The van der Waals surface area contributed by atoms with Crippen molar-refractivity contribution in [1.29, 1.82) is 10.5 Å².